The SMILES string of the molecule is CC1(C)CC(C)(c2ccccc2)c2cc(SC#N)ccc2N1. The summed E-state index contributed by atoms with van der Waals surface area (Å²) in [4.78, 5) is 1.00. The predicted octanol–water partition coefficient (Wildman–Crippen LogP) is 5.16. The normalized spacial score (nSPS) is 22.3. The van der Waals surface area contributed by atoms with E-state index in [1.54, 1.807) is 0 Å². The molecule has 2 aromatic carbocycles. The van der Waals surface area contributed by atoms with Gasteiger partial charge in [0.2, 0.25) is 0 Å². The fourth-order valence-corrected chi connectivity index (χ4v) is 4.07. The Morgan fingerprint density at radius 2 is 1.82 bits per heavy atom. The van der Waals surface area contributed by atoms with Crippen LogP contribution in [0.15, 0.2) is 53.4 Å². The molecule has 0 saturated carbocycles. The highest BCUT2D eigenvalue weighted by atomic mass is 32.2. The van der Waals surface area contributed by atoms with E-state index >= 15 is 0 Å². The minimum absolute atomic E-state index is 0.0292. The van der Waals surface area contributed by atoms with Gasteiger partial charge in [-0.2, -0.15) is 5.26 Å². The quantitative estimate of drug-likeness (QED) is 0.615. The molecule has 1 heterocycles. The number of thioether (sulfide) groups is 1. The maximum Gasteiger partial charge on any atom is 0.138 e. The Morgan fingerprint density at radius 3 is 2.50 bits per heavy atom. The van der Waals surface area contributed by atoms with Crippen LogP contribution in [0.1, 0.15) is 38.3 Å². The molecule has 0 spiro atoms. The second-order valence-electron chi connectivity index (χ2n) is 6.78. The number of fused-ring (bicyclic) bond motifs is 1. The number of thiocyanates is 1. The fraction of sp³-hybridized carbons (Fsp3) is 0.316. The Morgan fingerprint density at radius 1 is 1.09 bits per heavy atom. The van der Waals surface area contributed by atoms with Crippen molar-refractivity contribution >= 4 is 17.4 Å². The van der Waals surface area contributed by atoms with Crippen LogP contribution in [0.5, 0.6) is 0 Å². The largest absolute Gasteiger partial charge is 0.380 e. The van der Waals surface area contributed by atoms with Gasteiger partial charge in [-0.25, -0.2) is 0 Å². The van der Waals surface area contributed by atoms with Crippen molar-refractivity contribution in [3.63, 3.8) is 0 Å². The van der Waals surface area contributed by atoms with Crippen molar-refractivity contribution in [1.82, 2.24) is 0 Å². The highest BCUT2D eigenvalue weighted by molar-refractivity contribution is 8.03. The molecule has 0 aromatic heterocycles. The van der Waals surface area contributed by atoms with Gasteiger partial charge in [-0.05, 0) is 61.4 Å². The van der Waals surface area contributed by atoms with E-state index in [0.29, 0.717) is 0 Å². The summed E-state index contributed by atoms with van der Waals surface area (Å²) in [5.74, 6) is 0. The Kier molecular flexibility index (Phi) is 3.66. The Balaban J connectivity index is 2.19. The van der Waals surface area contributed by atoms with Crippen LogP contribution in [-0.2, 0) is 5.41 Å². The van der Waals surface area contributed by atoms with Crippen molar-refractivity contribution in [1.29, 1.82) is 5.26 Å². The lowest BCUT2D eigenvalue weighted by Gasteiger charge is -2.46. The van der Waals surface area contributed by atoms with Crippen molar-refractivity contribution < 1.29 is 0 Å². The lowest BCUT2D eigenvalue weighted by atomic mass is 9.66. The number of anilines is 1. The summed E-state index contributed by atoms with van der Waals surface area (Å²) in [6.45, 7) is 6.80. The van der Waals surface area contributed by atoms with E-state index in [0.717, 1.165) is 11.3 Å². The third-order valence-electron chi connectivity index (χ3n) is 4.43. The summed E-state index contributed by atoms with van der Waals surface area (Å²) in [7, 11) is 0. The monoisotopic (exact) mass is 308 g/mol. The van der Waals surface area contributed by atoms with E-state index in [-0.39, 0.29) is 11.0 Å². The molecule has 1 N–H and O–H groups in total. The zero-order chi connectivity index (χ0) is 15.8. The second-order valence-corrected chi connectivity index (χ2v) is 7.64. The van der Waals surface area contributed by atoms with Crippen LogP contribution in [0.3, 0.4) is 0 Å². The molecule has 2 aromatic rings. The summed E-state index contributed by atoms with van der Waals surface area (Å²) in [5, 5.41) is 14.8. The van der Waals surface area contributed by atoms with Crippen LogP contribution in [0.4, 0.5) is 5.69 Å². The first-order valence-corrected chi connectivity index (χ1v) is 8.30. The smallest absolute Gasteiger partial charge is 0.138 e. The van der Waals surface area contributed by atoms with Gasteiger partial charge in [-0.1, -0.05) is 37.3 Å². The molecule has 3 heteroatoms. The average Bonchev–Trinajstić information content (AvgIpc) is 2.48. The predicted molar refractivity (Wildman–Crippen MR) is 93.1 cm³/mol. The molecule has 1 aliphatic rings. The van der Waals surface area contributed by atoms with Gasteiger partial charge in [0.1, 0.15) is 5.40 Å². The number of nitriles is 1. The van der Waals surface area contributed by atoms with Crippen LogP contribution in [0, 0.1) is 10.7 Å². The van der Waals surface area contributed by atoms with Crippen molar-refractivity contribution in [3.05, 3.63) is 59.7 Å². The maximum absolute atomic E-state index is 8.95. The summed E-state index contributed by atoms with van der Waals surface area (Å²) >= 11 is 1.22. The summed E-state index contributed by atoms with van der Waals surface area (Å²) < 4.78 is 0. The van der Waals surface area contributed by atoms with E-state index in [1.165, 1.54) is 28.6 Å². The first kappa shape index (κ1) is 15.0. The number of benzene rings is 2. The van der Waals surface area contributed by atoms with E-state index in [2.05, 4.69) is 74.0 Å². The van der Waals surface area contributed by atoms with Gasteiger partial charge in [0, 0.05) is 21.5 Å². The number of nitrogens with zero attached hydrogens (tertiary/aromatic N) is 1. The first-order valence-electron chi connectivity index (χ1n) is 7.49. The molecule has 1 atom stereocenters. The van der Waals surface area contributed by atoms with Crippen LogP contribution in [0.2, 0.25) is 0 Å². The minimum atomic E-state index is -0.0582. The zero-order valence-electron chi connectivity index (χ0n) is 13.2. The molecule has 3 rings (SSSR count). The molecular formula is C19H20N2S. The van der Waals surface area contributed by atoms with Crippen LogP contribution in [0.25, 0.3) is 0 Å². The molecule has 1 unspecified atom stereocenters. The molecule has 0 amide bonds. The van der Waals surface area contributed by atoms with Gasteiger partial charge in [0.05, 0.1) is 0 Å². The molecule has 0 fully saturated rings. The molecule has 112 valence electrons. The molecular weight excluding hydrogens is 288 g/mol. The molecule has 2 nitrogen and oxygen atoms in total. The Hall–Kier alpha value is -1.92. The third kappa shape index (κ3) is 2.60. The minimum Gasteiger partial charge on any atom is -0.380 e. The molecule has 0 aliphatic carbocycles. The van der Waals surface area contributed by atoms with E-state index in [1.807, 2.05) is 6.07 Å². The van der Waals surface area contributed by atoms with Crippen molar-refractivity contribution in [2.75, 3.05) is 5.32 Å². The second kappa shape index (κ2) is 5.37. The van der Waals surface area contributed by atoms with Gasteiger partial charge in [0.15, 0.2) is 0 Å². The van der Waals surface area contributed by atoms with Crippen LogP contribution in [-0.4, -0.2) is 5.54 Å². The fourth-order valence-electron chi connectivity index (χ4n) is 3.66. The number of rotatable bonds is 2. The van der Waals surface area contributed by atoms with Gasteiger partial charge >= 0.3 is 0 Å². The standard InChI is InChI=1S/C19H20N2S/c1-18(2)12-19(3,14-7-5-4-6-8-14)16-11-15(22-13-20)9-10-17(16)21-18/h4-11,21H,12H2,1-3H3. The van der Waals surface area contributed by atoms with Crippen LogP contribution >= 0.6 is 11.8 Å². The maximum atomic E-state index is 8.95. The van der Waals surface area contributed by atoms with Crippen molar-refractivity contribution in [2.24, 2.45) is 0 Å². The molecule has 22 heavy (non-hydrogen) atoms. The topological polar surface area (TPSA) is 35.8 Å². The third-order valence-corrected chi connectivity index (χ3v) is 5.01. The summed E-state index contributed by atoms with van der Waals surface area (Å²) in [6, 6.07) is 17.0. The molecule has 0 saturated heterocycles. The molecule has 1 aliphatic heterocycles. The highest BCUT2D eigenvalue weighted by Crippen LogP contribution is 2.48. The van der Waals surface area contributed by atoms with Gasteiger partial charge in [0.25, 0.3) is 0 Å². The first-order chi connectivity index (χ1) is 10.4. The number of nitrogens with one attached hydrogen (secondary N) is 1. The van der Waals surface area contributed by atoms with Gasteiger partial charge < -0.3 is 5.32 Å². The lowest BCUT2D eigenvalue weighted by Crippen LogP contribution is -2.45. The van der Waals surface area contributed by atoms with Crippen LogP contribution < -0.4 is 5.32 Å². The van der Waals surface area contributed by atoms with Crippen molar-refractivity contribution in [3.8, 4) is 5.40 Å². The van der Waals surface area contributed by atoms with Gasteiger partial charge in [-0.3, -0.25) is 0 Å². The zero-order valence-corrected chi connectivity index (χ0v) is 14.0. The Labute approximate surface area is 136 Å². The van der Waals surface area contributed by atoms with E-state index < -0.39 is 0 Å². The Bertz CT molecular complexity index is 731. The number of hydrogen-bond acceptors (Lipinski definition) is 3. The van der Waals surface area contributed by atoms with Gasteiger partial charge in [-0.15, -0.1) is 0 Å². The van der Waals surface area contributed by atoms with Crippen molar-refractivity contribution in [2.45, 2.75) is 43.0 Å². The summed E-state index contributed by atoms with van der Waals surface area (Å²) in [6.07, 6.45) is 1.01. The molecule has 0 bridgehead atoms. The lowest BCUT2D eigenvalue weighted by molar-refractivity contribution is 0.377. The highest BCUT2D eigenvalue weighted by Gasteiger charge is 2.41. The van der Waals surface area contributed by atoms with E-state index in [4.69, 9.17) is 5.26 Å². The molecule has 0 radical (unpaired) electrons. The van der Waals surface area contributed by atoms with E-state index in [9.17, 15) is 0 Å². The average molecular weight is 308 g/mol. The summed E-state index contributed by atoms with van der Waals surface area (Å²) in [5.41, 5.74) is 3.74. The number of hydrogen-bond donors (Lipinski definition) is 1.